The molecule has 0 amide bonds. The first-order valence-electron chi connectivity index (χ1n) is 18.2. The van der Waals surface area contributed by atoms with E-state index in [9.17, 15) is 0 Å². The van der Waals surface area contributed by atoms with Crippen molar-refractivity contribution in [3.63, 3.8) is 0 Å². The molecule has 0 spiro atoms. The minimum absolute atomic E-state index is 0.0983. The summed E-state index contributed by atoms with van der Waals surface area (Å²) in [4.78, 5) is 9.89. The van der Waals surface area contributed by atoms with E-state index in [1.54, 1.807) is 0 Å². The van der Waals surface area contributed by atoms with Gasteiger partial charge in [-0.3, -0.25) is 0 Å². The Labute approximate surface area is 302 Å². The summed E-state index contributed by atoms with van der Waals surface area (Å²) in [5.41, 5.74) is 16.8. The van der Waals surface area contributed by atoms with Gasteiger partial charge >= 0.3 is 0 Å². The normalized spacial score (nSPS) is 13.6. The lowest BCUT2D eigenvalue weighted by atomic mass is 9.80. The van der Waals surface area contributed by atoms with Crippen LogP contribution in [0.15, 0.2) is 121 Å². The van der Waals surface area contributed by atoms with E-state index in [1.807, 2.05) is 12.1 Å². The second-order valence-electron chi connectivity index (χ2n) is 15.1. The Bertz CT molecular complexity index is 2510. The molecule has 0 unspecified atom stereocenters. The summed E-state index contributed by atoms with van der Waals surface area (Å²) in [6, 6.07) is 44.1. The van der Waals surface area contributed by atoms with Gasteiger partial charge in [0.15, 0.2) is 0 Å². The number of para-hydroxylation sites is 2. The van der Waals surface area contributed by atoms with Crippen LogP contribution < -0.4 is 0 Å². The monoisotopic (exact) mass is 660 g/mol. The van der Waals surface area contributed by atoms with Gasteiger partial charge in [-0.25, -0.2) is 9.97 Å². The molecular formula is C49H44N2. The molecule has 51 heavy (non-hydrogen) atoms. The number of hydrogen-bond acceptors (Lipinski definition) is 2. The Hall–Kier alpha value is -5.60. The predicted octanol–water partition coefficient (Wildman–Crippen LogP) is 13.3. The molecule has 0 bridgehead atoms. The maximum atomic E-state index is 4.96. The standard InChI is InChI=1S/C49H44N2/c1-31(2)35-19-25-41-42-26-20-38(30-46(42)49(5,6)45(41)29-35)44-28-36(17-23-39-21-15-33-11-7-9-13-47(33)50-39)43(32(3)4)27-37(44)18-24-40-22-16-34-12-8-10-14-48(34)51-40/h7-32H,1-6H3/b23-17+,24-18+. The van der Waals surface area contributed by atoms with Gasteiger partial charge in [0.25, 0.3) is 0 Å². The third-order valence-electron chi connectivity index (χ3n) is 10.7. The zero-order valence-corrected chi connectivity index (χ0v) is 30.4. The lowest BCUT2D eigenvalue weighted by Gasteiger charge is -2.23. The summed E-state index contributed by atoms with van der Waals surface area (Å²) in [6.45, 7) is 13.9. The van der Waals surface area contributed by atoms with Gasteiger partial charge in [-0.1, -0.05) is 139 Å². The van der Waals surface area contributed by atoms with E-state index >= 15 is 0 Å². The quantitative estimate of drug-likeness (QED) is 0.170. The highest BCUT2D eigenvalue weighted by molar-refractivity contribution is 5.89. The van der Waals surface area contributed by atoms with Gasteiger partial charge in [-0.2, -0.15) is 0 Å². The minimum atomic E-state index is -0.0983. The van der Waals surface area contributed by atoms with Crippen molar-refractivity contribution in [2.75, 3.05) is 0 Å². The van der Waals surface area contributed by atoms with Gasteiger partial charge in [0.05, 0.1) is 22.4 Å². The fraction of sp³-hybridized carbons (Fsp3) is 0.184. The van der Waals surface area contributed by atoms with Crippen LogP contribution in [-0.4, -0.2) is 9.97 Å². The van der Waals surface area contributed by atoms with Crippen molar-refractivity contribution in [2.45, 2.75) is 58.8 Å². The molecule has 0 aliphatic heterocycles. The molecule has 5 aromatic carbocycles. The molecule has 1 aliphatic carbocycles. The lowest BCUT2D eigenvalue weighted by molar-refractivity contribution is 0.658. The van der Waals surface area contributed by atoms with Crippen molar-refractivity contribution >= 4 is 46.1 Å². The summed E-state index contributed by atoms with van der Waals surface area (Å²) < 4.78 is 0. The van der Waals surface area contributed by atoms with Crippen LogP contribution in [-0.2, 0) is 5.41 Å². The number of aromatic nitrogens is 2. The molecule has 0 fully saturated rings. The molecule has 2 aromatic heterocycles. The van der Waals surface area contributed by atoms with Gasteiger partial charge in [0.1, 0.15) is 0 Å². The zero-order chi connectivity index (χ0) is 35.3. The summed E-state index contributed by atoms with van der Waals surface area (Å²) in [5.74, 6) is 0.824. The van der Waals surface area contributed by atoms with Crippen LogP contribution in [0.2, 0.25) is 0 Å². The lowest BCUT2D eigenvalue weighted by Crippen LogP contribution is -2.15. The maximum absolute atomic E-state index is 4.96. The van der Waals surface area contributed by atoms with Gasteiger partial charge in [0.2, 0.25) is 0 Å². The summed E-state index contributed by atoms with van der Waals surface area (Å²) in [5, 5.41) is 2.30. The molecule has 0 atom stereocenters. The summed E-state index contributed by atoms with van der Waals surface area (Å²) in [6.07, 6.45) is 8.80. The third-order valence-corrected chi connectivity index (χ3v) is 10.7. The van der Waals surface area contributed by atoms with E-state index < -0.39 is 0 Å². The Morgan fingerprint density at radius 1 is 0.490 bits per heavy atom. The van der Waals surface area contributed by atoms with Crippen molar-refractivity contribution in [1.82, 2.24) is 9.97 Å². The first kappa shape index (κ1) is 32.6. The molecule has 0 N–H and O–H groups in total. The van der Waals surface area contributed by atoms with Crippen LogP contribution in [0, 0.1) is 0 Å². The Morgan fingerprint density at radius 2 is 1.06 bits per heavy atom. The fourth-order valence-electron chi connectivity index (χ4n) is 7.66. The van der Waals surface area contributed by atoms with Crippen LogP contribution in [0.4, 0.5) is 0 Å². The van der Waals surface area contributed by atoms with E-state index in [-0.39, 0.29) is 5.41 Å². The fourth-order valence-corrected chi connectivity index (χ4v) is 7.66. The van der Waals surface area contributed by atoms with Crippen molar-refractivity contribution in [3.8, 4) is 22.3 Å². The smallest absolute Gasteiger partial charge is 0.0709 e. The summed E-state index contributed by atoms with van der Waals surface area (Å²) >= 11 is 0. The van der Waals surface area contributed by atoms with Crippen LogP contribution in [0.3, 0.4) is 0 Å². The Balaban J connectivity index is 1.27. The number of benzene rings is 5. The molecular weight excluding hydrogens is 617 g/mol. The van der Waals surface area contributed by atoms with Gasteiger partial charge < -0.3 is 0 Å². The van der Waals surface area contributed by atoms with Gasteiger partial charge in [-0.15, -0.1) is 0 Å². The number of hydrogen-bond donors (Lipinski definition) is 0. The maximum Gasteiger partial charge on any atom is 0.0709 e. The molecule has 0 saturated carbocycles. The molecule has 2 heteroatoms. The highest BCUT2D eigenvalue weighted by Crippen LogP contribution is 2.50. The van der Waals surface area contributed by atoms with E-state index in [1.165, 1.54) is 55.6 Å². The van der Waals surface area contributed by atoms with Crippen LogP contribution in [0.25, 0.3) is 68.4 Å². The van der Waals surface area contributed by atoms with Crippen LogP contribution in [0.1, 0.15) is 98.1 Å². The van der Waals surface area contributed by atoms with Gasteiger partial charge in [0, 0.05) is 16.2 Å². The number of fused-ring (bicyclic) bond motifs is 5. The van der Waals surface area contributed by atoms with Crippen molar-refractivity contribution in [3.05, 3.63) is 166 Å². The first-order chi connectivity index (χ1) is 24.7. The topological polar surface area (TPSA) is 25.8 Å². The first-order valence-corrected chi connectivity index (χ1v) is 18.2. The second kappa shape index (κ2) is 12.9. The van der Waals surface area contributed by atoms with E-state index in [0.29, 0.717) is 11.8 Å². The highest BCUT2D eigenvalue weighted by atomic mass is 14.7. The zero-order valence-electron chi connectivity index (χ0n) is 30.4. The average molecular weight is 661 g/mol. The van der Waals surface area contributed by atoms with Crippen LogP contribution in [0.5, 0.6) is 0 Å². The number of nitrogens with zero attached hydrogens (tertiary/aromatic N) is 2. The van der Waals surface area contributed by atoms with E-state index in [2.05, 4.69) is 175 Å². The predicted molar refractivity (Wildman–Crippen MR) is 219 cm³/mol. The van der Waals surface area contributed by atoms with Crippen LogP contribution >= 0.6 is 0 Å². The van der Waals surface area contributed by atoms with Crippen molar-refractivity contribution in [1.29, 1.82) is 0 Å². The van der Waals surface area contributed by atoms with E-state index in [4.69, 9.17) is 9.97 Å². The summed E-state index contributed by atoms with van der Waals surface area (Å²) in [7, 11) is 0. The SMILES string of the molecule is CC(C)c1ccc2c(c1)C(C)(C)c1cc(-c3cc(/C=C/c4ccc5ccccc5n4)c(C(C)C)cc3/C=C/c3ccc4ccccc4n3)ccc1-2. The van der Waals surface area contributed by atoms with Gasteiger partial charge in [-0.05, 0) is 116 Å². The average Bonchev–Trinajstić information content (AvgIpc) is 3.37. The molecule has 2 heterocycles. The Morgan fingerprint density at radius 3 is 1.67 bits per heavy atom. The largest absolute Gasteiger partial charge is 0.248 e. The van der Waals surface area contributed by atoms with E-state index in [0.717, 1.165) is 33.2 Å². The molecule has 1 aliphatic rings. The minimum Gasteiger partial charge on any atom is -0.248 e. The molecule has 0 saturated heterocycles. The molecule has 250 valence electrons. The molecule has 7 aromatic rings. The number of pyridine rings is 2. The molecule has 0 radical (unpaired) electrons. The molecule has 8 rings (SSSR count). The number of rotatable bonds is 7. The second-order valence-corrected chi connectivity index (χ2v) is 15.1. The third kappa shape index (κ3) is 6.10. The highest BCUT2D eigenvalue weighted by Gasteiger charge is 2.36. The molecule has 2 nitrogen and oxygen atoms in total. The van der Waals surface area contributed by atoms with Crippen molar-refractivity contribution in [2.24, 2.45) is 0 Å². The van der Waals surface area contributed by atoms with Crippen molar-refractivity contribution < 1.29 is 0 Å². The Kier molecular flexibility index (Phi) is 8.27.